The zero-order valence-corrected chi connectivity index (χ0v) is 12.7. The highest BCUT2D eigenvalue weighted by Crippen LogP contribution is 2.26. The van der Waals surface area contributed by atoms with Gasteiger partial charge in [-0.2, -0.15) is 0 Å². The lowest BCUT2D eigenvalue weighted by atomic mass is 10.2. The standard InChI is InChI=1S/C17H21NO3/c1-18-11-14-7-8-16(20-3)10-17(14)21-12-13-5-4-6-15(9-13)19-2/h4-10,18H,11-12H2,1-3H3. The monoisotopic (exact) mass is 287 g/mol. The van der Waals surface area contributed by atoms with Gasteiger partial charge in [0.25, 0.3) is 0 Å². The van der Waals surface area contributed by atoms with E-state index in [0.717, 1.165) is 34.9 Å². The van der Waals surface area contributed by atoms with Crippen molar-refractivity contribution in [2.75, 3.05) is 21.3 Å². The average Bonchev–Trinajstić information content (AvgIpc) is 2.54. The van der Waals surface area contributed by atoms with Crippen molar-refractivity contribution in [3.05, 3.63) is 53.6 Å². The Bertz CT molecular complexity index is 584. The van der Waals surface area contributed by atoms with Crippen LogP contribution in [-0.2, 0) is 13.2 Å². The fraction of sp³-hybridized carbons (Fsp3) is 0.294. The summed E-state index contributed by atoms with van der Waals surface area (Å²) < 4.78 is 16.4. The number of ether oxygens (including phenoxy) is 3. The maximum Gasteiger partial charge on any atom is 0.127 e. The van der Waals surface area contributed by atoms with Gasteiger partial charge in [0.15, 0.2) is 0 Å². The van der Waals surface area contributed by atoms with E-state index in [1.54, 1.807) is 14.2 Å². The highest BCUT2D eigenvalue weighted by molar-refractivity contribution is 5.41. The van der Waals surface area contributed by atoms with Gasteiger partial charge in [-0.3, -0.25) is 0 Å². The van der Waals surface area contributed by atoms with Crippen molar-refractivity contribution in [3.63, 3.8) is 0 Å². The molecule has 0 heterocycles. The molecule has 0 aliphatic rings. The van der Waals surface area contributed by atoms with E-state index in [4.69, 9.17) is 14.2 Å². The highest BCUT2D eigenvalue weighted by atomic mass is 16.5. The van der Waals surface area contributed by atoms with E-state index in [-0.39, 0.29) is 0 Å². The molecule has 0 aliphatic heterocycles. The van der Waals surface area contributed by atoms with Crippen LogP contribution in [0.2, 0.25) is 0 Å². The average molecular weight is 287 g/mol. The molecule has 4 heteroatoms. The first kappa shape index (κ1) is 15.2. The molecule has 2 aromatic rings. The molecule has 2 rings (SSSR count). The maximum atomic E-state index is 5.94. The molecule has 0 radical (unpaired) electrons. The number of methoxy groups -OCH3 is 2. The van der Waals surface area contributed by atoms with E-state index in [1.165, 1.54) is 0 Å². The van der Waals surface area contributed by atoms with E-state index >= 15 is 0 Å². The molecule has 0 unspecified atom stereocenters. The molecule has 0 aromatic heterocycles. The van der Waals surface area contributed by atoms with E-state index in [0.29, 0.717) is 6.61 Å². The van der Waals surface area contributed by atoms with Crippen LogP contribution in [-0.4, -0.2) is 21.3 Å². The summed E-state index contributed by atoms with van der Waals surface area (Å²) in [4.78, 5) is 0. The molecule has 0 amide bonds. The molecule has 112 valence electrons. The first-order valence-corrected chi connectivity index (χ1v) is 6.84. The topological polar surface area (TPSA) is 39.7 Å². The van der Waals surface area contributed by atoms with Crippen molar-refractivity contribution < 1.29 is 14.2 Å². The molecule has 21 heavy (non-hydrogen) atoms. The molecule has 0 spiro atoms. The number of rotatable bonds is 7. The lowest BCUT2D eigenvalue weighted by molar-refractivity contribution is 0.299. The Morgan fingerprint density at radius 3 is 2.43 bits per heavy atom. The Balaban J connectivity index is 2.13. The molecule has 0 saturated heterocycles. The predicted octanol–water partition coefficient (Wildman–Crippen LogP) is 3.00. The lowest BCUT2D eigenvalue weighted by Crippen LogP contribution is -2.08. The molecular weight excluding hydrogens is 266 g/mol. The summed E-state index contributed by atoms with van der Waals surface area (Å²) in [6, 6.07) is 13.7. The lowest BCUT2D eigenvalue weighted by Gasteiger charge is -2.13. The van der Waals surface area contributed by atoms with Gasteiger partial charge in [-0.15, -0.1) is 0 Å². The predicted molar refractivity (Wildman–Crippen MR) is 83.1 cm³/mol. The van der Waals surface area contributed by atoms with Gasteiger partial charge in [0.1, 0.15) is 23.9 Å². The Morgan fingerprint density at radius 2 is 1.71 bits per heavy atom. The quantitative estimate of drug-likeness (QED) is 0.850. The second kappa shape index (κ2) is 7.55. The molecular formula is C17H21NO3. The fourth-order valence-electron chi connectivity index (χ4n) is 2.06. The van der Waals surface area contributed by atoms with Gasteiger partial charge in [0, 0.05) is 18.2 Å². The molecule has 0 atom stereocenters. The zero-order valence-electron chi connectivity index (χ0n) is 12.7. The largest absolute Gasteiger partial charge is 0.497 e. The number of nitrogens with one attached hydrogen (secondary N) is 1. The third-order valence-electron chi connectivity index (χ3n) is 3.17. The van der Waals surface area contributed by atoms with Crippen molar-refractivity contribution in [2.24, 2.45) is 0 Å². The molecule has 2 aromatic carbocycles. The van der Waals surface area contributed by atoms with Gasteiger partial charge in [-0.25, -0.2) is 0 Å². The van der Waals surface area contributed by atoms with Gasteiger partial charge < -0.3 is 19.5 Å². The van der Waals surface area contributed by atoms with Crippen molar-refractivity contribution in [1.82, 2.24) is 5.32 Å². The van der Waals surface area contributed by atoms with Gasteiger partial charge >= 0.3 is 0 Å². The third-order valence-corrected chi connectivity index (χ3v) is 3.17. The van der Waals surface area contributed by atoms with E-state index in [1.807, 2.05) is 49.5 Å². The van der Waals surface area contributed by atoms with Crippen LogP contribution in [0.3, 0.4) is 0 Å². The minimum atomic E-state index is 0.487. The minimum Gasteiger partial charge on any atom is -0.497 e. The Labute approximate surface area is 125 Å². The smallest absolute Gasteiger partial charge is 0.127 e. The second-order valence-electron chi connectivity index (χ2n) is 4.64. The Hall–Kier alpha value is -2.20. The zero-order chi connectivity index (χ0) is 15.1. The normalized spacial score (nSPS) is 10.2. The molecule has 0 aliphatic carbocycles. The van der Waals surface area contributed by atoms with Crippen LogP contribution in [0.25, 0.3) is 0 Å². The summed E-state index contributed by atoms with van der Waals surface area (Å²) in [5, 5.41) is 3.14. The van der Waals surface area contributed by atoms with E-state index in [9.17, 15) is 0 Å². The van der Waals surface area contributed by atoms with Crippen LogP contribution >= 0.6 is 0 Å². The Morgan fingerprint density at radius 1 is 0.952 bits per heavy atom. The number of benzene rings is 2. The van der Waals surface area contributed by atoms with Crippen molar-refractivity contribution in [1.29, 1.82) is 0 Å². The molecule has 1 N–H and O–H groups in total. The maximum absolute atomic E-state index is 5.94. The van der Waals surface area contributed by atoms with Gasteiger partial charge in [0.05, 0.1) is 14.2 Å². The Kier molecular flexibility index (Phi) is 5.46. The molecule has 4 nitrogen and oxygen atoms in total. The highest BCUT2D eigenvalue weighted by Gasteiger charge is 2.06. The van der Waals surface area contributed by atoms with Crippen LogP contribution in [0, 0.1) is 0 Å². The summed E-state index contributed by atoms with van der Waals surface area (Å²) in [6.45, 7) is 1.23. The number of hydrogen-bond donors (Lipinski definition) is 1. The van der Waals surface area contributed by atoms with Crippen LogP contribution in [0.5, 0.6) is 17.2 Å². The minimum absolute atomic E-state index is 0.487. The van der Waals surface area contributed by atoms with Crippen molar-refractivity contribution in [3.8, 4) is 17.2 Å². The van der Waals surface area contributed by atoms with Crippen LogP contribution in [0.15, 0.2) is 42.5 Å². The van der Waals surface area contributed by atoms with Crippen LogP contribution in [0.1, 0.15) is 11.1 Å². The summed E-state index contributed by atoms with van der Waals surface area (Å²) in [5.74, 6) is 2.44. The van der Waals surface area contributed by atoms with Crippen molar-refractivity contribution >= 4 is 0 Å². The fourth-order valence-corrected chi connectivity index (χ4v) is 2.06. The number of hydrogen-bond acceptors (Lipinski definition) is 4. The van der Waals surface area contributed by atoms with Crippen LogP contribution in [0.4, 0.5) is 0 Å². The van der Waals surface area contributed by atoms with E-state index < -0.39 is 0 Å². The summed E-state index contributed by atoms with van der Waals surface area (Å²) in [5.41, 5.74) is 2.16. The van der Waals surface area contributed by atoms with Gasteiger partial charge in [0.2, 0.25) is 0 Å². The molecule has 0 saturated carbocycles. The summed E-state index contributed by atoms with van der Waals surface area (Å²) in [6.07, 6.45) is 0. The van der Waals surface area contributed by atoms with Gasteiger partial charge in [-0.05, 0) is 30.8 Å². The van der Waals surface area contributed by atoms with Gasteiger partial charge in [-0.1, -0.05) is 18.2 Å². The SMILES string of the molecule is CNCc1ccc(OC)cc1OCc1cccc(OC)c1. The summed E-state index contributed by atoms with van der Waals surface area (Å²) in [7, 11) is 5.22. The first-order valence-electron chi connectivity index (χ1n) is 6.84. The second-order valence-corrected chi connectivity index (χ2v) is 4.64. The molecule has 0 bridgehead atoms. The summed E-state index contributed by atoms with van der Waals surface area (Å²) >= 11 is 0. The third kappa shape index (κ3) is 4.13. The molecule has 0 fully saturated rings. The first-order chi connectivity index (χ1) is 10.3. The van der Waals surface area contributed by atoms with E-state index in [2.05, 4.69) is 5.32 Å². The van der Waals surface area contributed by atoms with Crippen LogP contribution < -0.4 is 19.5 Å². The van der Waals surface area contributed by atoms with Crippen molar-refractivity contribution in [2.45, 2.75) is 13.2 Å².